The Bertz CT molecular complexity index is 1580. The van der Waals surface area contributed by atoms with Crippen molar-refractivity contribution in [3.8, 4) is 0 Å². The molecule has 0 spiro atoms. The number of benzene rings is 3. The zero-order valence-electron chi connectivity index (χ0n) is 31.7. The zero-order valence-corrected chi connectivity index (χ0v) is 31.7. The van der Waals surface area contributed by atoms with Crippen LogP contribution in [0.1, 0.15) is 65.2 Å². The van der Waals surface area contributed by atoms with E-state index < -0.39 is 66.0 Å². The van der Waals surface area contributed by atoms with Crippen LogP contribution in [0.2, 0.25) is 0 Å². The number of aliphatic hydroxyl groups is 2. The van der Waals surface area contributed by atoms with Gasteiger partial charge in [0.15, 0.2) is 0 Å². The predicted molar refractivity (Wildman–Crippen MR) is 203 cm³/mol. The molecule has 6 N–H and O–H groups in total. The van der Waals surface area contributed by atoms with E-state index in [0.717, 1.165) is 16.7 Å². The van der Waals surface area contributed by atoms with Crippen LogP contribution in [0.25, 0.3) is 0 Å². The molecule has 288 valence electrons. The van der Waals surface area contributed by atoms with Crippen LogP contribution in [0.4, 0.5) is 9.59 Å². The van der Waals surface area contributed by atoms with Crippen molar-refractivity contribution >= 4 is 24.0 Å². The van der Waals surface area contributed by atoms with Gasteiger partial charge in [0.05, 0.1) is 12.1 Å². The van der Waals surface area contributed by atoms with E-state index >= 15 is 0 Å². The molecule has 0 saturated carbocycles. The first-order valence-electron chi connectivity index (χ1n) is 18.1. The highest BCUT2D eigenvalue weighted by molar-refractivity contribution is 5.87. The molecule has 0 aliphatic rings. The molecule has 3 aromatic carbocycles. The second-order valence-corrected chi connectivity index (χ2v) is 14.9. The molecule has 12 heteroatoms. The van der Waals surface area contributed by atoms with Crippen molar-refractivity contribution in [1.82, 2.24) is 21.3 Å². The standard InChI is InChI=1S/C41H56N4O8/c1-26(2)33(44-39(50)52-25-30-21-15-10-16-22-30)37(48)42-31(23-28-17-11-8-12-18-28)35(46)36(47)32(24-29-19-13-9-14-20-29)43-38(49)34(27(3)4)45-40(51)53-41(5,6)7/h8-22,26-27,31-36,46-47H,23-25H2,1-7H3,(H,42,48)(H,43,49)(H,44,50)(H,45,51)/t31-,32-,33-,34-,35+,36+/m0/s1. The summed E-state index contributed by atoms with van der Waals surface area (Å²) in [5.74, 6) is -1.89. The normalized spacial score (nSPS) is 14.9. The van der Waals surface area contributed by atoms with Gasteiger partial charge >= 0.3 is 12.2 Å². The zero-order chi connectivity index (χ0) is 39.1. The lowest BCUT2D eigenvalue weighted by molar-refractivity contribution is -0.129. The van der Waals surface area contributed by atoms with E-state index in [9.17, 15) is 29.4 Å². The number of aliphatic hydroxyl groups excluding tert-OH is 2. The van der Waals surface area contributed by atoms with Gasteiger partial charge in [-0.25, -0.2) is 9.59 Å². The molecule has 0 fully saturated rings. The Morgan fingerprint density at radius 3 is 1.28 bits per heavy atom. The highest BCUT2D eigenvalue weighted by Crippen LogP contribution is 2.17. The van der Waals surface area contributed by atoms with E-state index in [-0.39, 0.29) is 31.3 Å². The Morgan fingerprint density at radius 1 is 0.566 bits per heavy atom. The summed E-state index contributed by atoms with van der Waals surface area (Å²) in [6.45, 7) is 12.2. The smallest absolute Gasteiger partial charge is 0.408 e. The predicted octanol–water partition coefficient (Wildman–Crippen LogP) is 4.66. The molecular formula is C41H56N4O8. The highest BCUT2D eigenvalue weighted by atomic mass is 16.6. The Labute approximate surface area is 313 Å². The topological polar surface area (TPSA) is 175 Å². The van der Waals surface area contributed by atoms with Crippen LogP contribution in [0.3, 0.4) is 0 Å². The van der Waals surface area contributed by atoms with Gasteiger partial charge < -0.3 is 41.0 Å². The molecule has 0 unspecified atom stereocenters. The summed E-state index contributed by atoms with van der Waals surface area (Å²) in [7, 11) is 0. The van der Waals surface area contributed by atoms with Gasteiger partial charge in [-0.15, -0.1) is 0 Å². The number of hydrogen-bond donors (Lipinski definition) is 6. The number of alkyl carbamates (subject to hydrolysis) is 2. The van der Waals surface area contributed by atoms with Gasteiger partial charge in [-0.1, -0.05) is 119 Å². The summed E-state index contributed by atoms with van der Waals surface area (Å²) in [6.07, 6.45) is -4.50. The minimum atomic E-state index is -1.60. The van der Waals surface area contributed by atoms with Gasteiger partial charge in [-0.3, -0.25) is 9.59 Å². The van der Waals surface area contributed by atoms with Crippen LogP contribution < -0.4 is 21.3 Å². The third-order valence-electron chi connectivity index (χ3n) is 8.48. The van der Waals surface area contributed by atoms with Gasteiger partial charge in [0.25, 0.3) is 0 Å². The number of nitrogens with one attached hydrogen (secondary N) is 4. The maximum Gasteiger partial charge on any atom is 0.408 e. The Morgan fingerprint density at radius 2 is 0.925 bits per heavy atom. The van der Waals surface area contributed by atoms with Crippen molar-refractivity contribution in [2.45, 2.75) is 110 Å². The molecule has 12 nitrogen and oxygen atoms in total. The SMILES string of the molecule is CC(C)[C@H](NC(=O)OCc1ccccc1)C(=O)N[C@@H](Cc1ccccc1)[C@@H](O)[C@H](O)[C@H](Cc1ccccc1)NC(=O)[C@@H](NC(=O)OC(C)(C)C)C(C)C. The van der Waals surface area contributed by atoms with Crippen LogP contribution in [-0.4, -0.2) is 76.2 Å². The van der Waals surface area contributed by atoms with Gasteiger partial charge in [-0.2, -0.15) is 0 Å². The van der Waals surface area contributed by atoms with Crippen LogP contribution in [0.5, 0.6) is 0 Å². The lowest BCUT2D eigenvalue weighted by atomic mass is 9.90. The number of carbonyl (C=O) groups excluding carboxylic acids is 4. The maximum absolute atomic E-state index is 13.8. The second kappa shape index (κ2) is 20.3. The van der Waals surface area contributed by atoms with E-state index in [4.69, 9.17) is 9.47 Å². The molecule has 6 atom stereocenters. The number of carbonyl (C=O) groups is 4. The Hall–Kier alpha value is -4.94. The van der Waals surface area contributed by atoms with E-state index in [1.807, 2.05) is 91.0 Å². The Balaban J connectivity index is 1.87. The maximum atomic E-state index is 13.8. The summed E-state index contributed by atoms with van der Waals surface area (Å²) < 4.78 is 10.7. The summed E-state index contributed by atoms with van der Waals surface area (Å²) in [5.41, 5.74) is 1.53. The van der Waals surface area contributed by atoms with E-state index in [1.54, 1.807) is 48.5 Å². The van der Waals surface area contributed by atoms with Crippen molar-refractivity contribution in [3.63, 3.8) is 0 Å². The molecule has 0 bridgehead atoms. The summed E-state index contributed by atoms with van der Waals surface area (Å²) >= 11 is 0. The molecule has 0 aromatic heterocycles. The van der Waals surface area contributed by atoms with Crippen molar-refractivity contribution < 1.29 is 38.9 Å². The van der Waals surface area contributed by atoms with Crippen LogP contribution in [-0.2, 0) is 38.5 Å². The molecular weight excluding hydrogens is 676 g/mol. The molecule has 53 heavy (non-hydrogen) atoms. The molecule has 3 aromatic rings. The van der Waals surface area contributed by atoms with Crippen molar-refractivity contribution in [2.75, 3.05) is 0 Å². The van der Waals surface area contributed by atoms with Gasteiger partial charge in [0.1, 0.15) is 36.5 Å². The minimum Gasteiger partial charge on any atom is -0.445 e. The number of rotatable bonds is 17. The van der Waals surface area contributed by atoms with Crippen molar-refractivity contribution in [3.05, 3.63) is 108 Å². The molecule has 0 radical (unpaired) electrons. The largest absolute Gasteiger partial charge is 0.445 e. The van der Waals surface area contributed by atoms with Crippen molar-refractivity contribution in [2.24, 2.45) is 11.8 Å². The second-order valence-electron chi connectivity index (χ2n) is 14.9. The lowest BCUT2D eigenvalue weighted by Crippen LogP contribution is -2.61. The van der Waals surface area contributed by atoms with Crippen LogP contribution in [0, 0.1) is 11.8 Å². The van der Waals surface area contributed by atoms with E-state index in [1.165, 1.54) is 0 Å². The number of ether oxygens (including phenoxy) is 2. The fourth-order valence-corrected chi connectivity index (χ4v) is 5.67. The molecule has 0 saturated heterocycles. The third kappa shape index (κ3) is 14.5. The molecule has 3 rings (SSSR count). The monoisotopic (exact) mass is 732 g/mol. The number of amides is 4. The molecule has 0 aliphatic heterocycles. The van der Waals surface area contributed by atoms with E-state index in [2.05, 4.69) is 21.3 Å². The third-order valence-corrected chi connectivity index (χ3v) is 8.48. The average Bonchev–Trinajstić information content (AvgIpc) is 3.11. The quantitative estimate of drug-likeness (QED) is 0.116. The van der Waals surface area contributed by atoms with Gasteiger partial charge in [-0.05, 0) is 62.1 Å². The summed E-state index contributed by atoms with van der Waals surface area (Å²) in [4.78, 5) is 53.0. The van der Waals surface area contributed by atoms with Crippen molar-refractivity contribution in [1.29, 1.82) is 0 Å². The fourth-order valence-electron chi connectivity index (χ4n) is 5.67. The Kier molecular flexibility index (Phi) is 16.3. The average molecular weight is 733 g/mol. The lowest BCUT2D eigenvalue weighted by Gasteiger charge is -2.35. The minimum absolute atomic E-state index is 0.0140. The first-order chi connectivity index (χ1) is 25.0. The van der Waals surface area contributed by atoms with Gasteiger partial charge in [0.2, 0.25) is 11.8 Å². The first-order valence-corrected chi connectivity index (χ1v) is 18.1. The summed E-state index contributed by atoms with van der Waals surface area (Å²) in [6, 6.07) is 23.2. The number of hydrogen-bond acceptors (Lipinski definition) is 8. The molecule has 0 aliphatic carbocycles. The first kappa shape index (κ1) is 42.5. The highest BCUT2D eigenvalue weighted by Gasteiger charge is 2.38. The fraction of sp³-hybridized carbons (Fsp3) is 0.463. The summed E-state index contributed by atoms with van der Waals surface area (Å²) in [5, 5.41) is 34.7. The van der Waals surface area contributed by atoms with Gasteiger partial charge in [0, 0.05) is 0 Å². The molecule has 0 heterocycles. The van der Waals surface area contributed by atoms with Crippen LogP contribution >= 0.6 is 0 Å². The molecule has 4 amide bonds. The van der Waals surface area contributed by atoms with Crippen LogP contribution in [0.15, 0.2) is 91.0 Å². The van der Waals surface area contributed by atoms with E-state index in [0.29, 0.717) is 0 Å².